The van der Waals surface area contributed by atoms with Crippen molar-refractivity contribution in [2.75, 3.05) is 23.9 Å². The third kappa shape index (κ3) is 3.28. The lowest BCUT2D eigenvalue weighted by atomic mass is 10.0. The Balaban J connectivity index is 2.86. The van der Waals surface area contributed by atoms with Crippen LogP contribution in [-0.2, 0) is 0 Å². The van der Waals surface area contributed by atoms with Gasteiger partial charge in [-0.2, -0.15) is 11.8 Å². The lowest BCUT2D eigenvalue weighted by Gasteiger charge is -2.30. The van der Waals surface area contributed by atoms with Crippen LogP contribution in [0, 0.1) is 11.6 Å². The Kier molecular flexibility index (Phi) is 5.26. The summed E-state index contributed by atoms with van der Waals surface area (Å²) in [6.45, 7) is 4.69. The molecule has 0 aromatic heterocycles. The van der Waals surface area contributed by atoms with E-state index in [0.717, 1.165) is 25.0 Å². The van der Waals surface area contributed by atoms with Gasteiger partial charge < -0.3 is 11.1 Å². The molecular weight excluding hydrogens is 254 g/mol. The number of rotatable bonds is 6. The van der Waals surface area contributed by atoms with Crippen molar-refractivity contribution in [1.82, 2.24) is 0 Å². The maximum atomic E-state index is 13.6. The fraction of sp³-hybridized carbons (Fsp3) is 0.538. The molecule has 0 aliphatic carbocycles. The summed E-state index contributed by atoms with van der Waals surface area (Å²) in [5, 5.41) is 2.88. The second-order valence-corrected chi connectivity index (χ2v) is 5.58. The average Bonchev–Trinajstić information content (AvgIpc) is 2.33. The van der Waals surface area contributed by atoms with Gasteiger partial charge in [-0.3, -0.25) is 0 Å². The molecule has 2 nitrogen and oxygen atoms in total. The Morgan fingerprint density at radius 2 is 1.72 bits per heavy atom. The molecule has 0 amide bonds. The summed E-state index contributed by atoms with van der Waals surface area (Å²) in [7, 11) is 0. The zero-order valence-electron chi connectivity index (χ0n) is 11.0. The van der Waals surface area contributed by atoms with E-state index in [2.05, 4.69) is 19.2 Å². The molecule has 0 aliphatic heterocycles. The van der Waals surface area contributed by atoms with E-state index in [9.17, 15) is 8.78 Å². The van der Waals surface area contributed by atoms with E-state index in [1.54, 1.807) is 11.8 Å². The molecule has 0 spiro atoms. The van der Waals surface area contributed by atoms with Crippen molar-refractivity contribution in [3.8, 4) is 0 Å². The maximum Gasteiger partial charge on any atom is 0.151 e. The predicted octanol–water partition coefficient (Wildman–Crippen LogP) is 3.88. The predicted molar refractivity (Wildman–Crippen MR) is 76.1 cm³/mol. The van der Waals surface area contributed by atoms with Crippen LogP contribution < -0.4 is 11.1 Å². The number of halogens is 2. The van der Waals surface area contributed by atoms with Crippen LogP contribution in [0.1, 0.15) is 26.7 Å². The fourth-order valence-corrected chi connectivity index (χ4v) is 2.67. The van der Waals surface area contributed by atoms with Gasteiger partial charge in [-0.05, 0) is 31.2 Å². The largest absolute Gasteiger partial charge is 0.399 e. The summed E-state index contributed by atoms with van der Waals surface area (Å²) in [5.74, 6) is -1.29. The van der Waals surface area contributed by atoms with Crippen molar-refractivity contribution in [1.29, 1.82) is 0 Å². The second-order valence-electron chi connectivity index (χ2n) is 4.31. The number of hydrogen-bond donors (Lipinski definition) is 2. The van der Waals surface area contributed by atoms with Gasteiger partial charge in [0.05, 0.1) is 0 Å². The minimum Gasteiger partial charge on any atom is -0.399 e. The van der Waals surface area contributed by atoms with Gasteiger partial charge in [0.2, 0.25) is 0 Å². The zero-order chi connectivity index (χ0) is 13.8. The summed E-state index contributed by atoms with van der Waals surface area (Å²) in [4.78, 5) is 0. The minimum atomic E-state index is -0.644. The first kappa shape index (κ1) is 15.1. The van der Waals surface area contributed by atoms with Crippen molar-refractivity contribution >= 4 is 23.1 Å². The Morgan fingerprint density at radius 3 is 2.11 bits per heavy atom. The Bertz CT molecular complexity index is 375. The van der Waals surface area contributed by atoms with Crippen LogP contribution in [0.4, 0.5) is 20.2 Å². The third-order valence-electron chi connectivity index (χ3n) is 3.37. The van der Waals surface area contributed by atoms with Crippen LogP contribution in [0.3, 0.4) is 0 Å². The molecule has 3 N–H and O–H groups in total. The number of nitrogen functional groups attached to an aromatic ring is 1. The van der Waals surface area contributed by atoms with E-state index in [1.165, 1.54) is 0 Å². The molecule has 102 valence electrons. The highest BCUT2D eigenvalue weighted by Crippen LogP contribution is 2.31. The molecule has 0 unspecified atom stereocenters. The van der Waals surface area contributed by atoms with Crippen molar-refractivity contribution in [3.63, 3.8) is 0 Å². The highest BCUT2D eigenvalue weighted by atomic mass is 32.2. The monoisotopic (exact) mass is 274 g/mol. The average molecular weight is 274 g/mol. The molecule has 0 aliphatic rings. The lowest BCUT2D eigenvalue weighted by Crippen LogP contribution is -2.32. The molecule has 0 bridgehead atoms. The molecule has 1 aromatic rings. The number of anilines is 2. The topological polar surface area (TPSA) is 38.0 Å². The molecule has 0 fully saturated rings. The highest BCUT2D eigenvalue weighted by Gasteiger charge is 2.25. The van der Waals surface area contributed by atoms with Crippen LogP contribution in [0.15, 0.2) is 12.1 Å². The van der Waals surface area contributed by atoms with Gasteiger partial charge in [-0.15, -0.1) is 0 Å². The molecular formula is C13H20F2N2S. The summed E-state index contributed by atoms with van der Waals surface area (Å²) in [6.07, 6.45) is 3.90. The maximum absolute atomic E-state index is 13.6. The van der Waals surface area contributed by atoms with Crippen LogP contribution in [0.25, 0.3) is 0 Å². The number of nitrogens with two attached hydrogens (primary N) is 1. The molecule has 0 heterocycles. The van der Waals surface area contributed by atoms with Gasteiger partial charge >= 0.3 is 0 Å². The first-order valence-corrected chi connectivity index (χ1v) is 7.24. The Morgan fingerprint density at radius 1 is 1.22 bits per heavy atom. The van der Waals surface area contributed by atoms with Crippen LogP contribution >= 0.6 is 11.8 Å². The number of benzene rings is 1. The fourth-order valence-electron chi connectivity index (χ4n) is 1.87. The summed E-state index contributed by atoms with van der Waals surface area (Å²) >= 11 is 1.72. The van der Waals surface area contributed by atoms with Gasteiger partial charge in [0, 0.05) is 17.0 Å². The number of thioether (sulfide) groups is 1. The van der Waals surface area contributed by atoms with E-state index in [-0.39, 0.29) is 16.1 Å². The minimum absolute atomic E-state index is 0.000264. The molecule has 18 heavy (non-hydrogen) atoms. The smallest absolute Gasteiger partial charge is 0.151 e. The zero-order valence-corrected chi connectivity index (χ0v) is 11.8. The first-order valence-electron chi connectivity index (χ1n) is 6.01. The molecule has 5 heteroatoms. The SMILES string of the molecule is CCC(CC)(CNc1c(F)cc(N)cc1F)SC. The van der Waals surface area contributed by atoms with Crippen molar-refractivity contribution in [2.24, 2.45) is 0 Å². The van der Waals surface area contributed by atoms with Gasteiger partial charge in [-0.1, -0.05) is 13.8 Å². The van der Waals surface area contributed by atoms with E-state index in [1.807, 2.05) is 6.26 Å². The molecule has 0 radical (unpaired) electrons. The van der Waals surface area contributed by atoms with Crippen LogP contribution in [0.2, 0.25) is 0 Å². The summed E-state index contributed by atoms with van der Waals surface area (Å²) in [5.41, 5.74) is 5.38. The van der Waals surface area contributed by atoms with E-state index in [4.69, 9.17) is 5.73 Å². The number of hydrogen-bond acceptors (Lipinski definition) is 3. The number of nitrogens with one attached hydrogen (secondary N) is 1. The third-order valence-corrected chi connectivity index (χ3v) is 4.96. The molecule has 0 atom stereocenters. The van der Waals surface area contributed by atoms with Gasteiger partial charge in [0.25, 0.3) is 0 Å². The van der Waals surface area contributed by atoms with E-state index in [0.29, 0.717) is 6.54 Å². The van der Waals surface area contributed by atoms with Gasteiger partial charge in [-0.25, -0.2) is 8.78 Å². The Hall–Kier alpha value is -0.970. The standard InChI is InChI=1S/C13H20F2N2S/c1-4-13(5-2,18-3)8-17-12-10(14)6-9(16)7-11(12)15/h6-7,17H,4-5,8,16H2,1-3H3. The highest BCUT2D eigenvalue weighted by molar-refractivity contribution is 8.00. The summed E-state index contributed by atoms with van der Waals surface area (Å²) in [6, 6.07) is 2.26. The van der Waals surface area contributed by atoms with Crippen molar-refractivity contribution in [2.45, 2.75) is 31.4 Å². The second kappa shape index (κ2) is 6.27. The normalized spacial score (nSPS) is 11.6. The molecule has 1 aromatic carbocycles. The first-order chi connectivity index (χ1) is 8.48. The molecule has 1 rings (SSSR count). The van der Waals surface area contributed by atoms with Crippen LogP contribution in [-0.4, -0.2) is 17.5 Å². The molecule has 0 saturated carbocycles. The van der Waals surface area contributed by atoms with Gasteiger partial charge in [0.15, 0.2) is 11.6 Å². The van der Waals surface area contributed by atoms with E-state index < -0.39 is 11.6 Å². The molecule has 0 saturated heterocycles. The Labute approximate surface area is 111 Å². The summed E-state index contributed by atoms with van der Waals surface area (Å²) < 4.78 is 27.2. The quantitative estimate of drug-likeness (QED) is 0.773. The van der Waals surface area contributed by atoms with Crippen molar-refractivity contribution < 1.29 is 8.78 Å². The van der Waals surface area contributed by atoms with Gasteiger partial charge in [0.1, 0.15) is 5.69 Å². The van der Waals surface area contributed by atoms with Crippen molar-refractivity contribution in [3.05, 3.63) is 23.8 Å². The van der Waals surface area contributed by atoms with Crippen LogP contribution in [0.5, 0.6) is 0 Å². The van der Waals surface area contributed by atoms with E-state index >= 15 is 0 Å². The lowest BCUT2D eigenvalue weighted by molar-refractivity contribution is 0.558.